The summed E-state index contributed by atoms with van der Waals surface area (Å²) in [5.41, 5.74) is -0.436. The molecule has 0 atom stereocenters. The van der Waals surface area contributed by atoms with Gasteiger partial charge < -0.3 is 20.1 Å². The number of likely N-dealkylation sites (tertiary alicyclic amines) is 1. The first-order valence-corrected chi connectivity index (χ1v) is 10.3. The minimum atomic E-state index is -4.64. The summed E-state index contributed by atoms with van der Waals surface area (Å²) >= 11 is 0. The summed E-state index contributed by atoms with van der Waals surface area (Å²) in [6, 6.07) is 0.872. The van der Waals surface area contributed by atoms with Crippen LogP contribution in [0.1, 0.15) is 28.8 Å². The predicted molar refractivity (Wildman–Crippen MR) is 109 cm³/mol. The summed E-state index contributed by atoms with van der Waals surface area (Å²) in [4.78, 5) is 26.7. The molecule has 3 amide bonds. The zero-order valence-electron chi connectivity index (χ0n) is 17.5. The van der Waals surface area contributed by atoms with Crippen LogP contribution in [0.4, 0.5) is 28.0 Å². The third-order valence-corrected chi connectivity index (χ3v) is 6.34. The third kappa shape index (κ3) is 3.68. The molecule has 0 radical (unpaired) electrons. The van der Waals surface area contributed by atoms with Gasteiger partial charge in [-0.3, -0.25) is 4.79 Å². The van der Waals surface area contributed by atoms with E-state index in [9.17, 15) is 27.2 Å². The van der Waals surface area contributed by atoms with E-state index < -0.39 is 29.3 Å². The van der Waals surface area contributed by atoms with Crippen LogP contribution in [0.25, 0.3) is 5.65 Å². The van der Waals surface area contributed by atoms with Crippen LogP contribution in [0.2, 0.25) is 0 Å². The average molecular weight is 464 g/mol. The standard InChI is InChI=1S/C21H20F4N6O2/c1-29-4-5-31-17(29)14(9-26-31)18(32)30-10-20(11-30)7-13(8-20)27-19(33)28-16-6-12(21(23,24)25)2-3-15(16)22/h2-6,9,13H,7-8,10-11H2,1H3,(H2,27,28,33). The maximum absolute atomic E-state index is 13.8. The van der Waals surface area contributed by atoms with E-state index in [0.717, 1.165) is 0 Å². The molecule has 1 saturated carbocycles. The number of halogens is 4. The highest BCUT2D eigenvalue weighted by atomic mass is 19.4. The number of amides is 3. The normalized spacial score (nSPS) is 17.7. The highest BCUT2D eigenvalue weighted by Gasteiger charge is 2.54. The van der Waals surface area contributed by atoms with E-state index in [1.165, 1.54) is 0 Å². The molecule has 5 rings (SSSR count). The number of carbonyl (C=O) groups is 2. The van der Waals surface area contributed by atoms with E-state index in [4.69, 9.17) is 0 Å². The zero-order chi connectivity index (χ0) is 23.5. The number of alkyl halides is 3. The van der Waals surface area contributed by atoms with Crippen molar-refractivity contribution in [2.75, 3.05) is 18.4 Å². The second-order valence-corrected chi connectivity index (χ2v) is 8.79. The van der Waals surface area contributed by atoms with Gasteiger partial charge in [-0.1, -0.05) is 0 Å². The molecule has 1 aliphatic heterocycles. The zero-order valence-corrected chi connectivity index (χ0v) is 17.5. The number of hydrogen-bond acceptors (Lipinski definition) is 3. The largest absolute Gasteiger partial charge is 0.416 e. The molecule has 2 N–H and O–H groups in total. The SMILES string of the molecule is Cn1ccn2ncc(C(=O)N3CC4(CC(NC(=O)Nc5cc(C(F)(F)F)ccc5F)C4)C3)c12. The molecule has 2 fully saturated rings. The first-order valence-electron chi connectivity index (χ1n) is 10.3. The van der Waals surface area contributed by atoms with Gasteiger partial charge in [0.25, 0.3) is 5.91 Å². The number of nitrogens with zero attached hydrogens (tertiary/aromatic N) is 4. The smallest absolute Gasteiger partial charge is 0.337 e. The number of imidazole rings is 1. The van der Waals surface area contributed by atoms with Crippen LogP contribution in [0.15, 0.2) is 36.8 Å². The summed E-state index contributed by atoms with van der Waals surface area (Å²) < 4.78 is 55.7. The fourth-order valence-electron chi connectivity index (χ4n) is 4.77. The predicted octanol–water partition coefficient (Wildman–Crippen LogP) is 3.26. The van der Waals surface area contributed by atoms with Crippen molar-refractivity contribution in [1.82, 2.24) is 24.4 Å². The van der Waals surface area contributed by atoms with Gasteiger partial charge in [0.2, 0.25) is 0 Å². The molecule has 1 saturated heterocycles. The molecule has 1 aromatic carbocycles. The van der Waals surface area contributed by atoms with Crippen molar-refractivity contribution in [3.05, 3.63) is 53.7 Å². The molecule has 2 aromatic heterocycles. The number of benzene rings is 1. The van der Waals surface area contributed by atoms with Crippen LogP contribution in [-0.2, 0) is 13.2 Å². The second kappa shape index (κ2) is 7.22. The topological polar surface area (TPSA) is 83.7 Å². The van der Waals surface area contributed by atoms with Gasteiger partial charge in [0.1, 0.15) is 17.0 Å². The molecule has 33 heavy (non-hydrogen) atoms. The summed E-state index contributed by atoms with van der Waals surface area (Å²) in [7, 11) is 1.84. The van der Waals surface area contributed by atoms with E-state index in [0.29, 0.717) is 55.3 Å². The van der Waals surface area contributed by atoms with Crippen LogP contribution in [0.3, 0.4) is 0 Å². The highest BCUT2D eigenvalue weighted by Crippen LogP contribution is 2.48. The second-order valence-electron chi connectivity index (χ2n) is 8.79. The van der Waals surface area contributed by atoms with Crippen LogP contribution in [-0.4, -0.2) is 50.2 Å². The van der Waals surface area contributed by atoms with E-state index in [2.05, 4.69) is 15.7 Å². The number of aromatic nitrogens is 3. The van der Waals surface area contributed by atoms with Gasteiger partial charge in [-0.25, -0.2) is 13.7 Å². The highest BCUT2D eigenvalue weighted by molar-refractivity contribution is 6.00. The van der Waals surface area contributed by atoms with Crippen molar-refractivity contribution in [1.29, 1.82) is 0 Å². The fourth-order valence-corrected chi connectivity index (χ4v) is 4.77. The van der Waals surface area contributed by atoms with Crippen LogP contribution in [0, 0.1) is 11.2 Å². The Morgan fingerprint density at radius 3 is 2.61 bits per heavy atom. The molecule has 0 bridgehead atoms. The van der Waals surface area contributed by atoms with E-state index in [-0.39, 0.29) is 17.4 Å². The quantitative estimate of drug-likeness (QED) is 0.584. The molecule has 8 nitrogen and oxygen atoms in total. The van der Waals surface area contributed by atoms with Crippen LogP contribution in [0.5, 0.6) is 0 Å². The van der Waals surface area contributed by atoms with Gasteiger partial charge >= 0.3 is 12.2 Å². The van der Waals surface area contributed by atoms with Crippen molar-refractivity contribution < 1.29 is 27.2 Å². The Hall–Kier alpha value is -3.57. The Morgan fingerprint density at radius 2 is 1.91 bits per heavy atom. The van der Waals surface area contributed by atoms with Crippen molar-refractivity contribution in [3.8, 4) is 0 Å². The van der Waals surface area contributed by atoms with E-state index in [1.54, 1.807) is 21.8 Å². The van der Waals surface area contributed by atoms with Crippen molar-refractivity contribution >= 4 is 23.3 Å². The maximum Gasteiger partial charge on any atom is 0.416 e. The van der Waals surface area contributed by atoms with Crippen molar-refractivity contribution in [3.63, 3.8) is 0 Å². The minimum absolute atomic E-state index is 0.0878. The Kier molecular flexibility index (Phi) is 4.66. The van der Waals surface area contributed by atoms with Crippen LogP contribution < -0.4 is 10.6 Å². The molecule has 12 heteroatoms. The Morgan fingerprint density at radius 1 is 1.18 bits per heavy atom. The summed E-state index contributed by atoms with van der Waals surface area (Å²) in [5.74, 6) is -1.06. The van der Waals surface area contributed by atoms with Crippen molar-refractivity contribution in [2.24, 2.45) is 12.5 Å². The van der Waals surface area contributed by atoms with Gasteiger partial charge in [-0.2, -0.15) is 18.3 Å². The fraction of sp³-hybridized carbons (Fsp3) is 0.381. The number of rotatable bonds is 3. The van der Waals surface area contributed by atoms with Gasteiger partial charge in [0.05, 0.1) is 17.4 Å². The molecule has 3 heterocycles. The number of nitrogens with one attached hydrogen (secondary N) is 2. The Bertz CT molecular complexity index is 1250. The third-order valence-electron chi connectivity index (χ3n) is 6.34. The first-order chi connectivity index (χ1) is 15.5. The molecule has 2 aliphatic rings. The summed E-state index contributed by atoms with van der Waals surface area (Å²) in [6.07, 6.45) is 1.74. The molecule has 1 spiro atoms. The Balaban J connectivity index is 1.14. The van der Waals surface area contributed by atoms with Gasteiger partial charge in [-0.15, -0.1) is 0 Å². The number of urea groups is 1. The molecule has 1 aliphatic carbocycles. The molecular weight excluding hydrogens is 444 g/mol. The monoisotopic (exact) mass is 464 g/mol. The lowest BCUT2D eigenvalue weighted by molar-refractivity contribution is -0.137. The van der Waals surface area contributed by atoms with E-state index in [1.807, 2.05) is 17.8 Å². The lowest BCUT2D eigenvalue weighted by atomic mass is 9.60. The summed E-state index contributed by atoms with van der Waals surface area (Å²) in [6.45, 7) is 1.10. The van der Waals surface area contributed by atoms with Gasteiger partial charge in [0, 0.05) is 44.0 Å². The number of hydrogen-bond donors (Lipinski definition) is 2. The lowest BCUT2D eigenvalue weighted by Crippen LogP contribution is -2.67. The first kappa shape index (κ1) is 21.3. The number of carbonyl (C=O) groups excluding carboxylic acids is 2. The average Bonchev–Trinajstić information content (AvgIpc) is 3.26. The van der Waals surface area contributed by atoms with E-state index >= 15 is 0 Å². The molecule has 3 aromatic rings. The lowest BCUT2D eigenvalue weighted by Gasteiger charge is -2.58. The Labute approximate surface area is 185 Å². The van der Waals surface area contributed by atoms with Gasteiger partial charge in [0.15, 0.2) is 0 Å². The molecule has 0 unspecified atom stereocenters. The summed E-state index contributed by atoms with van der Waals surface area (Å²) in [5, 5.41) is 8.99. The maximum atomic E-state index is 13.8. The minimum Gasteiger partial charge on any atom is -0.337 e. The molecular formula is C21H20F4N6O2. The number of fused-ring (bicyclic) bond motifs is 1. The van der Waals surface area contributed by atoms with Crippen LogP contribution >= 0.6 is 0 Å². The van der Waals surface area contributed by atoms with Gasteiger partial charge in [-0.05, 0) is 31.0 Å². The number of aryl methyl sites for hydroxylation is 1. The molecule has 174 valence electrons. The van der Waals surface area contributed by atoms with Crippen molar-refractivity contribution in [2.45, 2.75) is 25.1 Å². The number of anilines is 1.